The van der Waals surface area contributed by atoms with Gasteiger partial charge in [0.15, 0.2) is 5.78 Å². The molecule has 0 spiro atoms. The normalized spacial score (nSPS) is 11.8. The molecule has 0 aliphatic rings. The Bertz CT molecular complexity index is 691. The van der Waals surface area contributed by atoms with Crippen molar-refractivity contribution in [2.45, 2.75) is 39.2 Å². The summed E-state index contributed by atoms with van der Waals surface area (Å²) in [6.45, 7) is 3.99. The zero-order chi connectivity index (χ0) is 17.5. The SMILES string of the molecule is CC[C@H](NC(=O)CCC(=O)c1ccc(C)s1)c1ccc(OC)cc1. The van der Waals surface area contributed by atoms with E-state index in [0.29, 0.717) is 0 Å². The molecule has 0 aliphatic heterocycles. The minimum atomic E-state index is -0.0979. The molecule has 1 atom stereocenters. The fourth-order valence-corrected chi connectivity index (χ4v) is 3.29. The van der Waals surface area contributed by atoms with Crippen molar-refractivity contribution in [3.05, 3.63) is 51.7 Å². The predicted molar refractivity (Wildman–Crippen MR) is 96.8 cm³/mol. The Morgan fingerprint density at radius 3 is 2.38 bits per heavy atom. The third-order valence-corrected chi connectivity index (χ3v) is 4.90. The van der Waals surface area contributed by atoms with Crippen LogP contribution in [0.3, 0.4) is 0 Å². The number of Topliss-reactive ketones (excluding diaryl/α,β-unsaturated/α-hetero) is 1. The van der Waals surface area contributed by atoms with Crippen LogP contribution in [0.5, 0.6) is 5.75 Å². The van der Waals surface area contributed by atoms with Crippen molar-refractivity contribution in [1.82, 2.24) is 5.32 Å². The molecule has 24 heavy (non-hydrogen) atoms. The number of benzene rings is 1. The zero-order valence-electron chi connectivity index (χ0n) is 14.3. The van der Waals surface area contributed by atoms with E-state index in [1.807, 2.05) is 50.2 Å². The van der Waals surface area contributed by atoms with E-state index in [2.05, 4.69) is 5.32 Å². The summed E-state index contributed by atoms with van der Waals surface area (Å²) in [5, 5.41) is 3.00. The minimum Gasteiger partial charge on any atom is -0.497 e. The van der Waals surface area contributed by atoms with Crippen LogP contribution in [0.15, 0.2) is 36.4 Å². The van der Waals surface area contributed by atoms with Crippen LogP contribution < -0.4 is 10.1 Å². The fourth-order valence-electron chi connectivity index (χ4n) is 2.46. The van der Waals surface area contributed by atoms with Crippen LogP contribution in [-0.4, -0.2) is 18.8 Å². The minimum absolute atomic E-state index is 0.0285. The Kier molecular flexibility index (Phi) is 6.55. The molecule has 1 amide bonds. The Hall–Kier alpha value is -2.14. The van der Waals surface area contributed by atoms with Gasteiger partial charge < -0.3 is 10.1 Å². The number of aryl methyl sites for hydroxylation is 1. The first-order valence-corrected chi connectivity index (χ1v) is 8.88. The topological polar surface area (TPSA) is 55.4 Å². The van der Waals surface area contributed by atoms with Gasteiger partial charge in [0.1, 0.15) is 5.75 Å². The Morgan fingerprint density at radius 1 is 1.12 bits per heavy atom. The monoisotopic (exact) mass is 345 g/mol. The van der Waals surface area contributed by atoms with Gasteiger partial charge in [-0.05, 0) is 43.2 Å². The maximum atomic E-state index is 12.2. The summed E-state index contributed by atoms with van der Waals surface area (Å²) in [6, 6.07) is 11.4. The smallest absolute Gasteiger partial charge is 0.220 e. The number of methoxy groups -OCH3 is 1. The maximum absolute atomic E-state index is 12.2. The Labute approximate surface area is 146 Å². The summed E-state index contributed by atoms with van der Waals surface area (Å²) in [5.41, 5.74) is 1.03. The van der Waals surface area contributed by atoms with E-state index in [1.54, 1.807) is 7.11 Å². The first-order chi connectivity index (χ1) is 11.5. The standard InChI is InChI=1S/C19H23NO3S/c1-4-16(14-6-8-15(23-3)9-7-14)20-19(22)12-10-17(21)18-11-5-13(2)24-18/h5-9,11,16H,4,10,12H2,1-3H3,(H,20,22)/t16-/m0/s1. The van der Waals surface area contributed by atoms with Crippen LogP contribution in [0, 0.1) is 6.92 Å². The van der Waals surface area contributed by atoms with E-state index in [4.69, 9.17) is 4.74 Å². The number of ether oxygens (including phenoxy) is 1. The summed E-state index contributed by atoms with van der Waals surface area (Å²) >= 11 is 1.47. The third-order valence-electron chi connectivity index (χ3n) is 3.86. The molecule has 2 aromatic rings. The molecular formula is C19H23NO3S. The zero-order valence-corrected chi connectivity index (χ0v) is 15.1. The van der Waals surface area contributed by atoms with Crippen LogP contribution in [0.4, 0.5) is 0 Å². The quantitative estimate of drug-likeness (QED) is 0.726. The largest absolute Gasteiger partial charge is 0.497 e. The first kappa shape index (κ1) is 18.2. The number of amides is 1. The fraction of sp³-hybridized carbons (Fsp3) is 0.368. The van der Waals surface area contributed by atoms with Gasteiger partial charge in [0, 0.05) is 17.7 Å². The lowest BCUT2D eigenvalue weighted by Crippen LogP contribution is -2.28. The third kappa shape index (κ3) is 4.93. The van der Waals surface area contributed by atoms with Gasteiger partial charge in [0.25, 0.3) is 0 Å². The summed E-state index contributed by atoms with van der Waals surface area (Å²) in [5.74, 6) is 0.719. The molecular weight excluding hydrogens is 322 g/mol. The molecule has 0 unspecified atom stereocenters. The average Bonchev–Trinajstić information content (AvgIpc) is 3.04. The molecule has 0 aliphatic carbocycles. The highest BCUT2D eigenvalue weighted by molar-refractivity contribution is 7.14. The molecule has 0 saturated carbocycles. The number of carbonyl (C=O) groups is 2. The molecule has 0 radical (unpaired) electrons. The van der Waals surface area contributed by atoms with Crippen molar-refractivity contribution in [3.8, 4) is 5.75 Å². The van der Waals surface area contributed by atoms with Crippen molar-refractivity contribution in [1.29, 1.82) is 0 Å². The second kappa shape index (κ2) is 8.64. The highest BCUT2D eigenvalue weighted by Gasteiger charge is 2.15. The van der Waals surface area contributed by atoms with E-state index in [9.17, 15) is 9.59 Å². The highest BCUT2D eigenvalue weighted by atomic mass is 32.1. The van der Waals surface area contributed by atoms with Gasteiger partial charge in [-0.3, -0.25) is 9.59 Å². The summed E-state index contributed by atoms with van der Waals surface area (Å²) in [6.07, 6.45) is 1.24. The van der Waals surface area contributed by atoms with Gasteiger partial charge in [-0.15, -0.1) is 11.3 Å². The number of nitrogens with one attached hydrogen (secondary N) is 1. The lowest BCUT2D eigenvalue weighted by atomic mass is 10.0. The van der Waals surface area contributed by atoms with Gasteiger partial charge in [0.2, 0.25) is 5.91 Å². The molecule has 5 heteroatoms. The highest BCUT2D eigenvalue weighted by Crippen LogP contribution is 2.21. The number of rotatable bonds is 8. The molecule has 1 N–H and O–H groups in total. The van der Waals surface area contributed by atoms with Crippen molar-refractivity contribution < 1.29 is 14.3 Å². The molecule has 0 saturated heterocycles. The van der Waals surface area contributed by atoms with E-state index in [0.717, 1.165) is 27.5 Å². The van der Waals surface area contributed by atoms with Crippen molar-refractivity contribution in [2.24, 2.45) is 0 Å². The number of hydrogen-bond acceptors (Lipinski definition) is 4. The van der Waals surface area contributed by atoms with Crippen LogP contribution in [0.2, 0.25) is 0 Å². The van der Waals surface area contributed by atoms with Gasteiger partial charge in [-0.25, -0.2) is 0 Å². The van der Waals surface area contributed by atoms with E-state index >= 15 is 0 Å². The number of ketones is 1. The van der Waals surface area contributed by atoms with E-state index in [-0.39, 0.29) is 30.6 Å². The molecule has 0 bridgehead atoms. The molecule has 0 fully saturated rings. The average molecular weight is 345 g/mol. The maximum Gasteiger partial charge on any atom is 0.220 e. The van der Waals surface area contributed by atoms with E-state index < -0.39 is 0 Å². The summed E-state index contributed by atoms with van der Waals surface area (Å²) in [4.78, 5) is 26.1. The van der Waals surface area contributed by atoms with Gasteiger partial charge in [0.05, 0.1) is 18.0 Å². The number of carbonyl (C=O) groups excluding carboxylic acids is 2. The van der Waals surface area contributed by atoms with Crippen molar-refractivity contribution >= 4 is 23.0 Å². The Balaban J connectivity index is 1.88. The molecule has 4 nitrogen and oxygen atoms in total. The van der Waals surface area contributed by atoms with Gasteiger partial charge in [-0.2, -0.15) is 0 Å². The second-order valence-electron chi connectivity index (χ2n) is 5.63. The Morgan fingerprint density at radius 2 is 1.83 bits per heavy atom. The van der Waals surface area contributed by atoms with Crippen LogP contribution in [0.25, 0.3) is 0 Å². The lowest BCUT2D eigenvalue weighted by molar-refractivity contribution is -0.121. The summed E-state index contributed by atoms with van der Waals surface area (Å²) in [7, 11) is 1.63. The van der Waals surface area contributed by atoms with Crippen molar-refractivity contribution in [3.63, 3.8) is 0 Å². The lowest BCUT2D eigenvalue weighted by Gasteiger charge is -2.17. The molecule has 2 rings (SSSR count). The molecule has 128 valence electrons. The van der Waals surface area contributed by atoms with Gasteiger partial charge in [-0.1, -0.05) is 19.1 Å². The predicted octanol–water partition coefficient (Wildman–Crippen LogP) is 4.30. The van der Waals surface area contributed by atoms with E-state index in [1.165, 1.54) is 11.3 Å². The number of hydrogen-bond donors (Lipinski definition) is 1. The molecule has 1 aromatic carbocycles. The summed E-state index contributed by atoms with van der Waals surface area (Å²) < 4.78 is 5.15. The molecule has 1 aromatic heterocycles. The van der Waals surface area contributed by atoms with Crippen molar-refractivity contribution in [2.75, 3.05) is 7.11 Å². The first-order valence-electron chi connectivity index (χ1n) is 8.06. The van der Waals surface area contributed by atoms with Gasteiger partial charge >= 0.3 is 0 Å². The van der Waals surface area contributed by atoms with Crippen LogP contribution in [0.1, 0.15) is 52.3 Å². The van der Waals surface area contributed by atoms with Crippen LogP contribution in [-0.2, 0) is 4.79 Å². The number of thiophene rings is 1. The molecule has 1 heterocycles. The van der Waals surface area contributed by atoms with Crippen LogP contribution >= 0.6 is 11.3 Å². The second-order valence-corrected chi connectivity index (χ2v) is 6.92.